The SMILES string of the molecule is CC1(C)CCCC(C(O)CF)C1. The van der Waals surface area contributed by atoms with Crippen LogP contribution in [0, 0.1) is 11.3 Å². The van der Waals surface area contributed by atoms with Crippen LogP contribution in [0.5, 0.6) is 0 Å². The van der Waals surface area contributed by atoms with Crippen LogP contribution in [0.15, 0.2) is 0 Å². The van der Waals surface area contributed by atoms with E-state index in [2.05, 4.69) is 13.8 Å². The van der Waals surface area contributed by atoms with Gasteiger partial charge in [0.1, 0.15) is 6.67 Å². The lowest BCUT2D eigenvalue weighted by Gasteiger charge is -2.36. The minimum Gasteiger partial charge on any atom is -0.390 e. The molecule has 0 radical (unpaired) electrons. The number of hydrogen-bond donors (Lipinski definition) is 1. The van der Waals surface area contributed by atoms with Gasteiger partial charge in [0.25, 0.3) is 0 Å². The summed E-state index contributed by atoms with van der Waals surface area (Å²) in [5, 5.41) is 9.34. The molecule has 1 nitrogen and oxygen atoms in total. The highest BCUT2D eigenvalue weighted by atomic mass is 19.1. The third-order valence-corrected chi connectivity index (χ3v) is 2.95. The smallest absolute Gasteiger partial charge is 0.116 e. The van der Waals surface area contributed by atoms with Gasteiger partial charge in [-0.05, 0) is 30.6 Å². The average molecular weight is 174 g/mol. The van der Waals surface area contributed by atoms with Crippen molar-refractivity contribution < 1.29 is 9.50 Å². The number of aliphatic hydroxyl groups excluding tert-OH is 1. The summed E-state index contributed by atoms with van der Waals surface area (Å²) in [5.74, 6) is 0.193. The molecule has 12 heavy (non-hydrogen) atoms. The summed E-state index contributed by atoms with van der Waals surface area (Å²) in [6.45, 7) is 3.81. The molecule has 0 amide bonds. The van der Waals surface area contributed by atoms with E-state index in [9.17, 15) is 9.50 Å². The molecule has 1 fully saturated rings. The molecule has 2 heteroatoms. The Bertz CT molecular complexity index is 145. The zero-order valence-electron chi connectivity index (χ0n) is 8.02. The van der Waals surface area contributed by atoms with Crippen molar-refractivity contribution in [2.75, 3.05) is 6.67 Å². The molecule has 1 aliphatic rings. The Kier molecular flexibility index (Phi) is 3.10. The number of halogens is 1. The largest absolute Gasteiger partial charge is 0.390 e. The molecule has 1 aliphatic carbocycles. The number of hydrogen-bond acceptors (Lipinski definition) is 1. The van der Waals surface area contributed by atoms with E-state index in [4.69, 9.17) is 0 Å². The molecule has 2 unspecified atom stereocenters. The van der Waals surface area contributed by atoms with E-state index in [0.717, 1.165) is 19.3 Å². The van der Waals surface area contributed by atoms with Gasteiger partial charge in [-0.25, -0.2) is 4.39 Å². The first-order valence-corrected chi connectivity index (χ1v) is 4.79. The normalized spacial score (nSPS) is 31.5. The third-order valence-electron chi connectivity index (χ3n) is 2.95. The first-order chi connectivity index (χ1) is 5.55. The first kappa shape index (κ1) is 9.97. The van der Waals surface area contributed by atoms with Crippen LogP contribution in [0.4, 0.5) is 4.39 Å². The maximum absolute atomic E-state index is 12.2. The predicted octanol–water partition coefficient (Wildman–Crippen LogP) is 2.53. The molecule has 0 aromatic carbocycles. The average Bonchev–Trinajstić information content (AvgIpc) is 2.01. The van der Waals surface area contributed by atoms with Gasteiger partial charge in [0.2, 0.25) is 0 Å². The maximum Gasteiger partial charge on any atom is 0.116 e. The molecule has 72 valence electrons. The van der Waals surface area contributed by atoms with Crippen LogP contribution in [0.2, 0.25) is 0 Å². The molecule has 0 aliphatic heterocycles. The highest BCUT2D eigenvalue weighted by Crippen LogP contribution is 2.39. The van der Waals surface area contributed by atoms with E-state index in [-0.39, 0.29) is 5.92 Å². The lowest BCUT2D eigenvalue weighted by atomic mass is 9.71. The number of rotatable bonds is 2. The lowest BCUT2D eigenvalue weighted by molar-refractivity contribution is 0.0306. The molecule has 1 N–H and O–H groups in total. The van der Waals surface area contributed by atoms with Crippen molar-refractivity contribution in [2.45, 2.75) is 45.6 Å². The molecule has 0 heterocycles. The second-order valence-electron chi connectivity index (χ2n) is 4.74. The summed E-state index contributed by atoms with van der Waals surface area (Å²) in [5.41, 5.74) is 0.305. The predicted molar refractivity (Wildman–Crippen MR) is 47.7 cm³/mol. The van der Waals surface area contributed by atoms with Crippen LogP contribution in [-0.4, -0.2) is 17.9 Å². The Balaban J connectivity index is 2.46. The van der Waals surface area contributed by atoms with Crippen LogP contribution in [0.3, 0.4) is 0 Å². The summed E-state index contributed by atoms with van der Waals surface area (Å²) in [6, 6.07) is 0. The summed E-state index contributed by atoms with van der Waals surface area (Å²) >= 11 is 0. The van der Waals surface area contributed by atoms with Gasteiger partial charge in [0.15, 0.2) is 0 Å². The molecular formula is C10H19FO. The molecule has 2 atom stereocenters. The summed E-state index contributed by atoms with van der Waals surface area (Å²) < 4.78 is 12.2. The number of aliphatic hydroxyl groups is 1. The van der Waals surface area contributed by atoms with Crippen LogP contribution >= 0.6 is 0 Å². The second-order valence-corrected chi connectivity index (χ2v) is 4.74. The highest BCUT2D eigenvalue weighted by Gasteiger charge is 2.31. The Morgan fingerprint density at radius 2 is 2.25 bits per heavy atom. The Labute approximate surface area is 74.0 Å². The van der Waals surface area contributed by atoms with Gasteiger partial charge in [-0.15, -0.1) is 0 Å². The van der Waals surface area contributed by atoms with Crippen molar-refractivity contribution in [3.63, 3.8) is 0 Å². The fourth-order valence-corrected chi connectivity index (χ4v) is 2.21. The zero-order chi connectivity index (χ0) is 9.19. The third kappa shape index (κ3) is 2.44. The summed E-state index contributed by atoms with van der Waals surface area (Å²) in [7, 11) is 0. The van der Waals surface area contributed by atoms with Crippen molar-refractivity contribution in [3.8, 4) is 0 Å². The number of alkyl halides is 1. The van der Waals surface area contributed by atoms with E-state index in [1.807, 2.05) is 0 Å². The molecule has 1 rings (SSSR count). The van der Waals surface area contributed by atoms with Gasteiger partial charge in [0, 0.05) is 0 Å². The minimum atomic E-state index is -0.718. The van der Waals surface area contributed by atoms with E-state index in [1.165, 1.54) is 6.42 Å². The minimum absolute atomic E-state index is 0.193. The van der Waals surface area contributed by atoms with Gasteiger partial charge >= 0.3 is 0 Å². The van der Waals surface area contributed by atoms with E-state index in [0.29, 0.717) is 5.41 Å². The van der Waals surface area contributed by atoms with Crippen molar-refractivity contribution >= 4 is 0 Å². The van der Waals surface area contributed by atoms with E-state index >= 15 is 0 Å². The van der Waals surface area contributed by atoms with Gasteiger partial charge in [-0.1, -0.05) is 20.3 Å². The maximum atomic E-state index is 12.2. The van der Waals surface area contributed by atoms with E-state index < -0.39 is 12.8 Å². The van der Waals surface area contributed by atoms with Crippen LogP contribution < -0.4 is 0 Å². The fraction of sp³-hybridized carbons (Fsp3) is 1.00. The van der Waals surface area contributed by atoms with Crippen molar-refractivity contribution in [2.24, 2.45) is 11.3 Å². The van der Waals surface area contributed by atoms with Crippen LogP contribution in [0.25, 0.3) is 0 Å². The summed E-state index contributed by atoms with van der Waals surface area (Å²) in [6.07, 6.45) is 3.59. The lowest BCUT2D eigenvalue weighted by Crippen LogP contribution is -2.31. The van der Waals surface area contributed by atoms with Crippen molar-refractivity contribution in [1.82, 2.24) is 0 Å². The quantitative estimate of drug-likeness (QED) is 0.682. The van der Waals surface area contributed by atoms with Crippen LogP contribution in [0.1, 0.15) is 39.5 Å². The summed E-state index contributed by atoms with van der Waals surface area (Å²) in [4.78, 5) is 0. The van der Waals surface area contributed by atoms with Crippen molar-refractivity contribution in [3.05, 3.63) is 0 Å². The van der Waals surface area contributed by atoms with Gasteiger partial charge < -0.3 is 5.11 Å². The zero-order valence-corrected chi connectivity index (χ0v) is 8.02. The molecule has 0 aromatic rings. The van der Waals surface area contributed by atoms with Crippen LogP contribution in [-0.2, 0) is 0 Å². The monoisotopic (exact) mass is 174 g/mol. The molecule has 0 spiro atoms. The first-order valence-electron chi connectivity index (χ1n) is 4.79. The Morgan fingerprint density at radius 1 is 1.58 bits per heavy atom. The topological polar surface area (TPSA) is 20.2 Å². The Morgan fingerprint density at radius 3 is 2.75 bits per heavy atom. The highest BCUT2D eigenvalue weighted by molar-refractivity contribution is 4.82. The molecule has 0 saturated heterocycles. The molecule has 1 saturated carbocycles. The van der Waals surface area contributed by atoms with Gasteiger partial charge in [0.05, 0.1) is 6.10 Å². The van der Waals surface area contributed by atoms with Gasteiger partial charge in [-0.2, -0.15) is 0 Å². The molecule has 0 bridgehead atoms. The Hall–Kier alpha value is -0.110. The van der Waals surface area contributed by atoms with Gasteiger partial charge in [-0.3, -0.25) is 0 Å². The van der Waals surface area contributed by atoms with E-state index in [1.54, 1.807) is 0 Å². The van der Waals surface area contributed by atoms with Crippen molar-refractivity contribution in [1.29, 1.82) is 0 Å². The second kappa shape index (κ2) is 3.73. The fourth-order valence-electron chi connectivity index (χ4n) is 2.21. The molecule has 0 aromatic heterocycles. The molecular weight excluding hydrogens is 155 g/mol. The standard InChI is InChI=1S/C10H19FO/c1-10(2)5-3-4-8(6-10)9(12)7-11/h8-9,12H,3-7H2,1-2H3.